The highest BCUT2D eigenvalue weighted by atomic mass is 79.9. The number of nitrogens with one attached hydrogen (secondary N) is 1. The van der Waals surface area contributed by atoms with Gasteiger partial charge in [-0.1, -0.05) is 12.1 Å². The van der Waals surface area contributed by atoms with Gasteiger partial charge in [-0.2, -0.15) is 0 Å². The van der Waals surface area contributed by atoms with Gasteiger partial charge in [0.2, 0.25) is 0 Å². The molecule has 1 N–H and O–H groups in total. The molecule has 92 valence electrons. The van der Waals surface area contributed by atoms with Crippen molar-refractivity contribution in [3.63, 3.8) is 0 Å². The third-order valence-corrected chi connectivity index (χ3v) is 3.50. The van der Waals surface area contributed by atoms with Gasteiger partial charge < -0.3 is 5.32 Å². The molecule has 17 heavy (non-hydrogen) atoms. The summed E-state index contributed by atoms with van der Waals surface area (Å²) in [6.45, 7) is 8.13. The van der Waals surface area contributed by atoms with Crippen LogP contribution < -0.4 is 5.32 Å². The standard InChI is InChI=1S/C13H18BrN3/c1-2-4-12(17-9-7-15-8-10-17)11-5-3-6-13(14)16-11/h2-3,5-6,12,15H,1,4,7-10H2/t12-/m1/s1. The number of rotatable bonds is 4. The predicted molar refractivity (Wildman–Crippen MR) is 73.9 cm³/mol. The lowest BCUT2D eigenvalue weighted by Crippen LogP contribution is -2.45. The Balaban J connectivity index is 2.18. The van der Waals surface area contributed by atoms with Gasteiger partial charge in [0, 0.05) is 26.2 Å². The second-order valence-corrected chi connectivity index (χ2v) is 5.02. The molecular weight excluding hydrogens is 278 g/mol. The second kappa shape index (κ2) is 6.28. The SMILES string of the molecule is C=CC[C@H](c1cccc(Br)n1)N1CCNCC1. The molecule has 0 saturated carbocycles. The zero-order chi connectivity index (χ0) is 12.1. The molecule has 1 saturated heterocycles. The zero-order valence-electron chi connectivity index (χ0n) is 9.90. The first-order valence-corrected chi connectivity index (χ1v) is 6.78. The van der Waals surface area contributed by atoms with Crippen LogP contribution in [-0.4, -0.2) is 36.1 Å². The van der Waals surface area contributed by atoms with Crippen molar-refractivity contribution < 1.29 is 0 Å². The molecule has 0 spiro atoms. The van der Waals surface area contributed by atoms with E-state index in [1.165, 1.54) is 0 Å². The Morgan fingerprint density at radius 1 is 1.47 bits per heavy atom. The van der Waals surface area contributed by atoms with Crippen molar-refractivity contribution in [2.75, 3.05) is 26.2 Å². The molecule has 1 fully saturated rings. The zero-order valence-corrected chi connectivity index (χ0v) is 11.5. The monoisotopic (exact) mass is 295 g/mol. The summed E-state index contributed by atoms with van der Waals surface area (Å²) < 4.78 is 0.902. The van der Waals surface area contributed by atoms with E-state index < -0.39 is 0 Å². The van der Waals surface area contributed by atoms with Crippen LogP contribution in [0.1, 0.15) is 18.2 Å². The smallest absolute Gasteiger partial charge is 0.106 e. The van der Waals surface area contributed by atoms with Crippen molar-refractivity contribution in [1.29, 1.82) is 0 Å². The van der Waals surface area contributed by atoms with Gasteiger partial charge in [-0.25, -0.2) is 4.98 Å². The summed E-state index contributed by atoms with van der Waals surface area (Å²) in [5.41, 5.74) is 1.13. The molecule has 3 nitrogen and oxygen atoms in total. The summed E-state index contributed by atoms with van der Waals surface area (Å²) in [5.74, 6) is 0. The molecule has 0 unspecified atom stereocenters. The van der Waals surface area contributed by atoms with E-state index in [2.05, 4.69) is 43.8 Å². The average Bonchev–Trinajstić information content (AvgIpc) is 2.37. The summed E-state index contributed by atoms with van der Waals surface area (Å²) >= 11 is 3.44. The van der Waals surface area contributed by atoms with E-state index in [1.54, 1.807) is 0 Å². The number of hydrogen-bond donors (Lipinski definition) is 1. The summed E-state index contributed by atoms with van der Waals surface area (Å²) in [4.78, 5) is 7.05. The maximum atomic E-state index is 4.57. The van der Waals surface area contributed by atoms with Crippen LogP contribution in [0.25, 0.3) is 0 Å². The largest absolute Gasteiger partial charge is 0.314 e. The number of piperazine rings is 1. The van der Waals surface area contributed by atoms with Crippen molar-refractivity contribution in [3.8, 4) is 0 Å². The number of aromatic nitrogens is 1. The van der Waals surface area contributed by atoms with Crippen molar-refractivity contribution in [3.05, 3.63) is 41.2 Å². The van der Waals surface area contributed by atoms with Crippen LogP contribution in [0.3, 0.4) is 0 Å². The lowest BCUT2D eigenvalue weighted by Gasteiger charge is -2.34. The Hall–Kier alpha value is -0.710. The third kappa shape index (κ3) is 3.37. The van der Waals surface area contributed by atoms with Crippen LogP contribution in [0, 0.1) is 0 Å². The van der Waals surface area contributed by atoms with Crippen molar-refractivity contribution >= 4 is 15.9 Å². The molecule has 1 aromatic heterocycles. The van der Waals surface area contributed by atoms with Gasteiger partial charge in [0.15, 0.2) is 0 Å². The first-order chi connectivity index (χ1) is 8.31. The van der Waals surface area contributed by atoms with Gasteiger partial charge in [0.05, 0.1) is 11.7 Å². The highest BCUT2D eigenvalue weighted by Crippen LogP contribution is 2.24. The molecule has 2 rings (SSSR count). The molecular formula is C13H18BrN3. The molecule has 2 heterocycles. The first-order valence-electron chi connectivity index (χ1n) is 5.99. The molecule has 0 radical (unpaired) electrons. The van der Waals surface area contributed by atoms with Crippen LogP contribution in [0.2, 0.25) is 0 Å². The van der Waals surface area contributed by atoms with E-state index in [-0.39, 0.29) is 0 Å². The quantitative estimate of drug-likeness (QED) is 0.683. The van der Waals surface area contributed by atoms with Crippen molar-refractivity contribution in [2.45, 2.75) is 12.5 Å². The Bertz CT molecular complexity index is 375. The van der Waals surface area contributed by atoms with Gasteiger partial charge >= 0.3 is 0 Å². The molecule has 1 atom stereocenters. The van der Waals surface area contributed by atoms with E-state index in [0.717, 1.165) is 42.9 Å². The lowest BCUT2D eigenvalue weighted by molar-refractivity contribution is 0.171. The number of hydrogen-bond acceptors (Lipinski definition) is 3. The van der Waals surface area contributed by atoms with E-state index in [0.29, 0.717) is 6.04 Å². The first kappa shape index (κ1) is 12.7. The minimum Gasteiger partial charge on any atom is -0.314 e. The summed E-state index contributed by atoms with van der Waals surface area (Å²) in [5, 5.41) is 3.38. The van der Waals surface area contributed by atoms with Crippen molar-refractivity contribution in [1.82, 2.24) is 15.2 Å². The Morgan fingerprint density at radius 3 is 2.88 bits per heavy atom. The topological polar surface area (TPSA) is 28.2 Å². The maximum Gasteiger partial charge on any atom is 0.106 e. The van der Waals surface area contributed by atoms with E-state index in [1.807, 2.05) is 18.2 Å². The highest BCUT2D eigenvalue weighted by molar-refractivity contribution is 9.10. The summed E-state index contributed by atoms with van der Waals surface area (Å²) in [7, 11) is 0. The minimum absolute atomic E-state index is 0.354. The average molecular weight is 296 g/mol. The van der Waals surface area contributed by atoms with E-state index in [9.17, 15) is 0 Å². The maximum absolute atomic E-state index is 4.57. The Kier molecular flexibility index (Phi) is 4.71. The molecule has 0 bridgehead atoms. The van der Waals surface area contributed by atoms with Crippen LogP contribution in [0.4, 0.5) is 0 Å². The molecule has 0 amide bonds. The fraction of sp³-hybridized carbons (Fsp3) is 0.462. The number of halogens is 1. The van der Waals surface area contributed by atoms with Crippen molar-refractivity contribution in [2.24, 2.45) is 0 Å². The summed E-state index contributed by atoms with van der Waals surface area (Å²) in [6, 6.07) is 6.46. The Morgan fingerprint density at radius 2 is 2.24 bits per heavy atom. The third-order valence-electron chi connectivity index (χ3n) is 3.06. The van der Waals surface area contributed by atoms with E-state index in [4.69, 9.17) is 0 Å². The lowest BCUT2D eigenvalue weighted by atomic mass is 10.1. The molecule has 4 heteroatoms. The molecule has 1 aliphatic heterocycles. The minimum atomic E-state index is 0.354. The van der Waals surface area contributed by atoms with Crippen LogP contribution in [-0.2, 0) is 0 Å². The van der Waals surface area contributed by atoms with Gasteiger partial charge in [0.1, 0.15) is 4.60 Å². The fourth-order valence-electron chi connectivity index (χ4n) is 2.22. The molecule has 0 aliphatic carbocycles. The highest BCUT2D eigenvalue weighted by Gasteiger charge is 2.21. The Labute approximate surface area is 111 Å². The van der Waals surface area contributed by atoms with E-state index >= 15 is 0 Å². The van der Waals surface area contributed by atoms with Crippen LogP contribution in [0.5, 0.6) is 0 Å². The molecule has 1 aromatic rings. The molecule has 1 aliphatic rings. The second-order valence-electron chi connectivity index (χ2n) is 4.21. The van der Waals surface area contributed by atoms with Gasteiger partial charge in [-0.05, 0) is 34.5 Å². The van der Waals surface area contributed by atoms with Crippen LogP contribution in [0.15, 0.2) is 35.5 Å². The number of pyridine rings is 1. The summed E-state index contributed by atoms with van der Waals surface area (Å²) in [6.07, 6.45) is 2.93. The van der Waals surface area contributed by atoms with Crippen LogP contribution >= 0.6 is 15.9 Å². The fourth-order valence-corrected chi connectivity index (χ4v) is 2.58. The van der Waals surface area contributed by atoms with Gasteiger partial charge in [-0.3, -0.25) is 4.90 Å². The van der Waals surface area contributed by atoms with Gasteiger partial charge in [0.25, 0.3) is 0 Å². The predicted octanol–water partition coefficient (Wildman–Crippen LogP) is 2.37. The normalized spacial score (nSPS) is 18.9. The number of nitrogens with zero attached hydrogens (tertiary/aromatic N) is 2. The van der Waals surface area contributed by atoms with Gasteiger partial charge in [-0.15, -0.1) is 6.58 Å². The molecule has 0 aromatic carbocycles.